The van der Waals surface area contributed by atoms with Crippen LogP contribution in [0.4, 0.5) is 32.0 Å². The molecule has 178 valence electrons. The summed E-state index contributed by atoms with van der Waals surface area (Å²) in [5, 5.41) is 2.47. The Labute approximate surface area is 184 Å². The van der Waals surface area contributed by atoms with E-state index in [-0.39, 0.29) is 28.1 Å². The van der Waals surface area contributed by atoms with E-state index in [1.807, 2.05) is 0 Å². The number of amides is 1. The van der Waals surface area contributed by atoms with Crippen LogP contribution in [0.25, 0.3) is 0 Å². The lowest BCUT2D eigenvalue weighted by molar-refractivity contribution is -0.249. The Morgan fingerprint density at radius 2 is 1.91 bits per heavy atom. The number of rotatable bonds is 4. The van der Waals surface area contributed by atoms with E-state index in [1.165, 1.54) is 26.0 Å². The van der Waals surface area contributed by atoms with Gasteiger partial charge in [-0.1, -0.05) is 0 Å². The first-order valence-electron chi connectivity index (χ1n) is 9.60. The van der Waals surface area contributed by atoms with Gasteiger partial charge in [-0.15, -0.1) is 0 Å². The largest absolute Gasteiger partial charge is 0.424 e. The number of aromatic nitrogens is 1. The van der Waals surface area contributed by atoms with Gasteiger partial charge in [0.2, 0.25) is 5.60 Å². The summed E-state index contributed by atoms with van der Waals surface area (Å²) in [5.41, 5.74) is 0.780. The van der Waals surface area contributed by atoms with E-state index in [2.05, 4.69) is 15.3 Å². The fourth-order valence-electron chi connectivity index (χ4n) is 3.29. The molecule has 2 unspecified atom stereocenters. The second kappa shape index (κ2) is 8.32. The Morgan fingerprint density at radius 1 is 1.24 bits per heavy atom. The molecule has 1 amide bonds. The maximum atomic E-state index is 14.6. The van der Waals surface area contributed by atoms with E-state index in [4.69, 9.17) is 10.5 Å². The number of carbonyl (C=O) groups is 1. The van der Waals surface area contributed by atoms with Gasteiger partial charge >= 0.3 is 6.18 Å². The van der Waals surface area contributed by atoms with Crippen molar-refractivity contribution in [1.82, 2.24) is 4.98 Å². The molecule has 12 heteroatoms. The number of ether oxygens (including phenoxy) is 1. The number of nitrogens with two attached hydrogens (primary N) is 1. The first kappa shape index (κ1) is 24.5. The first-order valence-corrected chi connectivity index (χ1v) is 9.60. The molecule has 1 aliphatic rings. The van der Waals surface area contributed by atoms with Crippen LogP contribution in [0.5, 0.6) is 0 Å². The molecule has 0 saturated heterocycles. The summed E-state index contributed by atoms with van der Waals surface area (Å²) in [6.45, 7) is 2.87. The van der Waals surface area contributed by atoms with Crippen LogP contribution in [0.15, 0.2) is 35.5 Å². The van der Waals surface area contributed by atoms with E-state index in [0.717, 1.165) is 25.3 Å². The Hall–Kier alpha value is -3.15. The van der Waals surface area contributed by atoms with E-state index >= 15 is 0 Å². The molecule has 3 N–H and O–H groups in total. The molecular formula is C21H20F6N4O2. The first-order chi connectivity index (χ1) is 15.2. The predicted octanol–water partition coefficient (Wildman–Crippen LogP) is 4.64. The highest BCUT2D eigenvalue weighted by Crippen LogP contribution is 2.41. The van der Waals surface area contributed by atoms with Crippen molar-refractivity contribution in [2.45, 2.75) is 44.5 Å². The van der Waals surface area contributed by atoms with Crippen molar-refractivity contribution in [2.24, 2.45) is 10.7 Å². The molecule has 1 aliphatic heterocycles. The molecule has 2 atom stereocenters. The molecule has 1 aromatic carbocycles. The number of aryl methyl sites for hydroxylation is 1. The highest BCUT2D eigenvalue weighted by molar-refractivity contribution is 6.03. The molecule has 0 radical (unpaired) electrons. The molecule has 6 nitrogen and oxygen atoms in total. The fraction of sp³-hybridized carbons (Fsp3) is 0.381. The summed E-state index contributed by atoms with van der Waals surface area (Å²) >= 11 is 0. The molecule has 3 rings (SSSR count). The average Bonchev–Trinajstić information content (AvgIpc) is 2.71. The maximum Gasteiger partial charge on any atom is 0.424 e. The number of carbonyl (C=O) groups excluding carboxylic acids is 1. The van der Waals surface area contributed by atoms with Crippen LogP contribution in [-0.4, -0.2) is 35.1 Å². The molecule has 0 bridgehead atoms. The highest BCUT2D eigenvalue weighted by atomic mass is 19.4. The normalized spacial score (nSPS) is 23.4. The fourth-order valence-corrected chi connectivity index (χ4v) is 3.29. The second-order valence-electron chi connectivity index (χ2n) is 7.97. The van der Waals surface area contributed by atoms with Crippen molar-refractivity contribution < 1.29 is 35.9 Å². The number of alkyl halides is 5. The van der Waals surface area contributed by atoms with Crippen molar-refractivity contribution in [3.05, 3.63) is 58.7 Å². The number of halogens is 6. The minimum absolute atomic E-state index is 0.0784. The van der Waals surface area contributed by atoms with Gasteiger partial charge in [-0.3, -0.25) is 14.8 Å². The number of nitrogens with zero attached hydrogens (tertiary/aromatic N) is 2. The van der Waals surface area contributed by atoms with Crippen LogP contribution in [0.1, 0.15) is 47.5 Å². The lowest BCUT2D eigenvalue weighted by Crippen LogP contribution is -2.60. The van der Waals surface area contributed by atoms with Gasteiger partial charge in [-0.05, 0) is 50.6 Å². The van der Waals surface area contributed by atoms with E-state index < -0.39 is 47.9 Å². The van der Waals surface area contributed by atoms with Crippen molar-refractivity contribution in [1.29, 1.82) is 0 Å². The lowest BCUT2D eigenvalue weighted by Gasteiger charge is -2.41. The molecule has 33 heavy (non-hydrogen) atoms. The van der Waals surface area contributed by atoms with Crippen molar-refractivity contribution in [3.63, 3.8) is 0 Å². The van der Waals surface area contributed by atoms with Gasteiger partial charge in [0.25, 0.3) is 12.3 Å². The van der Waals surface area contributed by atoms with Crippen LogP contribution in [0.2, 0.25) is 0 Å². The third-order valence-corrected chi connectivity index (χ3v) is 5.41. The zero-order chi connectivity index (χ0) is 24.8. The van der Waals surface area contributed by atoms with Crippen molar-refractivity contribution in [3.8, 4) is 0 Å². The van der Waals surface area contributed by atoms with Crippen LogP contribution >= 0.6 is 0 Å². The highest BCUT2D eigenvalue weighted by Gasteiger charge is 2.59. The Morgan fingerprint density at radius 3 is 2.45 bits per heavy atom. The number of pyridine rings is 1. The number of hydrogen-bond acceptors (Lipinski definition) is 5. The quantitative estimate of drug-likeness (QED) is 0.632. The summed E-state index contributed by atoms with van der Waals surface area (Å²) in [7, 11) is 0. The average molecular weight is 474 g/mol. The standard InChI is InChI=1S/C21H20F6N4O2/c1-10-6-11(16(23)24)8-29-15(10)17(32)30-12-4-5-14(22)13(7-12)19(2)9-33-20(3,18(28)31-19)21(25,26)27/h4-8,16H,9H2,1-3H3,(H2,28,31)(H,30,32). The Kier molecular flexibility index (Phi) is 6.18. The topological polar surface area (TPSA) is 89.6 Å². The summed E-state index contributed by atoms with van der Waals surface area (Å²) in [4.78, 5) is 20.2. The second-order valence-corrected chi connectivity index (χ2v) is 7.97. The van der Waals surface area contributed by atoms with Crippen LogP contribution in [0.3, 0.4) is 0 Å². The van der Waals surface area contributed by atoms with E-state index in [9.17, 15) is 31.1 Å². The summed E-state index contributed by atoms with van der Waals surface area (Å²) in [6.07, 6.45) is -6.71. The lowest BCUT2D eigenvalue weighted by atomic mass is 9.89. The van der Waals surface area contributed by atoms with Gasteiger partial charge in [0, 0.05) is 23.0 Å². The van der Waals surface area contributed by atoms with Crippen LogP contribution in [0, 0.1) is 12.7 Å². The number of nitrogens with one attached hydrogen (secondary N) is 1. The van der Waals surface area contributed by atoms with Gasteiger partial charge in [0.1, 0.15) is 22.9 Å². The number of amidine groups is 1. The zero-order valence-corrected chi connectivity index (χ0v) is 17.7. The van der Waals surface area contributed by atoms with Crippen LogP contribution < -0.4 is 11.1 Å². The van der Waals surface area contributed by atoms with E-state index in [0.29, 0.717) is 0 Å². The maximum absolute atomic E-state index is 14.6. The monoisotopic (exact) mass is 474 g/mol. The van der Waals surface area contributed by atoms with Gasteiger partial charge in [0.05, 0.1) is 6.61 Å². The molecule has 0 fully saturated rings. The number of hydrogen-bond donors (Lipinski definition) is 2. The zero-order valence-electron chi connectivity index (χ0n) is 17.7. The number of anilines is 1. The molecule has 2 aromatic rings. The van der Waals surface area contributed by atoms with Gasteiger partial charge in [-0.25, -0.2) is 13.2 Å². The third-order valence-electron chi connectivity index (χ3n) is 5.41. The van der Waals surface area contributed by atoms with Crippen LogP contribution in [-0.2, 0) is 10.3 Å². The number of benzene rings is 1. The summed E-state index contributed by atoms with van der Waals surface area (Å²) in [6, 6.07) is 4.53. The van der Waals surface area contributed by atoms with Gasteiger partial charge in [-0.2, -0.15) is 13.2 Å². The molecule has 0 saturated carbocycles. The summed E-state index contributed by atoms with van der Waals surface area (Å²) in [5.74, 6) is -2.41. The van der Waals surface area contributed by atoms with E-state index in [1.54, 1.807) is 0 Å². The Bertz CT molecular complexity index is 1120. The molecular weight excluding hydrogens is 454 g/mol. The smallest absolute Gasteiger partial charge is 0.385 e. The minimum Gasteiger partial charge on any atom is -0.385 e. The molecule has 1 aromatic heterocycles. The third kappa shape index (κ3) is 4.52. The van der Waals surface area contributed by atoms with Gasteiger partial charge < -0.3 is 15.8 Å². The SMILES string of the molecule is Cc1cc(C(F)F)cnc1C(=O)Nc1ccc(F)c(C2(C)COC(C)(C(F)(F)F)C(N)=N2)c1. The minimum atomic E-state index is -4.83. The Balaban J connectivity index is 1.91. The molecule has 0 aliphatic carbocycles. The predicted molar refractivity (Wildman–Crippen MR) is 108 cm³/mol. The number of aliphatic imine (C=N–C) groups is 1. The molecule has 0 spiro atoms. The van der Waals surface area contributed by atoms with Crippen molar-refractivity contribution >= 4 is 17.4 Å². The van der Waals surface area contributed by atoms with Crippen molar-refractivity contribution in [2.75, 3.05) is 11.9 Å². The summed E-state index contributed by atoms with van der Waals surface area (Å²) < 4.78 is 85.2. The van der Waals surface area contributed by atoms with Gasteiger partial charge in [0.15, 0.2) is 0 Å². The molecule has 2 heterocycles.